The second-order valence-electron chi connectivity index (χ2n) is 8.67. The first-order chi connectivity index (χ1) is 15.3. The molecular formula is C26H30N4O2. The Bertz CT molecular complexity index is 1200. The van der Waals surface area contributed by atoms with E-state index in [1.165, 1.54) is 5.69 Å². The van der Waals surface area contributed by atoms with Crippen molar-refractivity contribution in [3.63, 3.8) is 0 Å². The molecule has 0 bridgehead atoms. The van der Waals surface area contributed by atoms with Crippen LogP contribution in [0.1, 0.15) is 56.7 Å². The van der Waals surface area contributed by atoms with Crippen LogP contribution in [0, 0.1) is 0 Å². The maximum absolute atomic E-state index is 10.1. The van der Waals surface area contributed by atoms with Crippen LogP contribution in [0.25, 0.3) is 16.8 Å². The fourth-order valence-corrected chi connectivity index (χ4v) is 4.24. The van der Waals surface area contributed by atoms with Crippen LogP contribution >= 0.6 is 0 Å². The molecule has 6 nitrogen and oxygen atoms in total. The summed E-state index contributed by atoms with van der Waals surface area (Å²) in [6, 6.07) is 4.07. The number of hydrogen-bond acceptors (Lipinski definition) is 5. The van der Waals surface area contributed by atoms with Gasteiger partial charge in [0.05, 0.1) is 18.5 Å². The van der Waals surface area contributed by atoms with Gasteiger partial charge in [-0.25, -0.2) is 15.0 Å². The topological polar surface area (TPSA) is 72.5 Å². The van der Waals surface area contributed by atoms with E-state index in [0.717, 1.165) is 53.1 Å². The Kier molecular flexibility index (Phi) is 5.98. The van der Waals surface area contributed by atoms with Crippen molar-refractivity contribution in [2.75, 3.05) is 7.11 Å². The van der Waals surface area contributed by atoms with Gasteiger partial charge in [-0.3, -0.25) is 0 Å². The van der Waals surface area contributed by atoms with Gasteiger partial charge in [0.2, 0.25) is 0 Å². The lowest BCUT2D eigenvalue weighted by Gasteiger charge is -2.25. The Balaban J connectivity index is 1.77. The molecule has 0 radical (unpaired) electrons. The molecular weight excluding hydrogens is 400 g/mol. The van der Waals surface area contributed by atoms with E-state index < -0.39 is 5.60 Å². The molecule has 0 unspecified atom stereocenters. The molecule has 0 saturated carbocycles. The highest BCUT2D eigenvalue weighted by molar-refractivity contribution is 5.64. The molecule has 1 aliphatic rings. The van der Waals surface area contributed by atoms with E-state index in [9.17, 15) is 5.11 Å². The third kappa shape index (κ3) is 4.10. The SMILES string of the molecule is C=C(/C(=C\C=C/C)OC)[C@@H]1CCCc2nc3ccc(-c4cnc(C(C)(C)O)nc4)cn3c21. The number of imidazole rings is 1. The molecule has 0 aliphatic heterocycles. The fraction of sp³-hybridized carbons (Fsp3) is 0.346. The number of aryl methyl sites for hydroxylation is 1. The van der Waals surface area contributed by atoms with Crippen LogP contribution in [-0.4, -0.2) is 31.6 Å². The highest BCUT2D eigenvalue weighted by Crippen LogP contribution is 2.39. The molecule has 4 rings (SSSR count). The van der Waals surface area contributed by atoms with Crippen molar-refractivity contribution in [2.45, 2.75) is 51.6 Å². The maximum atomic E-state index is 10.1. The van der Waals surface area contributed by atoms with Crippen LogP contribution in [-0.2, 0) is 16.8 Å². The summed E-state index contributed by atoms with van der Waals surface area (Å²) in [7, 11) is 1.69. The smallest absolute Gasteiger partial charge is 0.159 e. The van der Waals surface area contributed by atoms with Gasteiger partial charge in [0.1, 0.15) is 17.0 Å². The van der Waals surface area contributed by atoms with Crippen LogP contribution in [0.3, 0.4) is 0 Å². The largest absolute Gasteiger partial charge is 0.496 e. The standard InChI is InChI=1S/C26H30N4O2/c1-6-7-11-22(32-5)17(2)20-9-8-10-21-24(20)30-16-18(12-13-23(30)29-21)19-14-27-25(28-15-19)26(3,4)31/h6-7,11-16,20,31H,2,8-10H2,1,3-5H3/b7-6-,22-11+/t20-/m0/s1. The number of nitrogens with zero attached hydrogens (tertiary/aromatic N) is 4. The minimum absolute atomic E-state index is 0.134. The van der Waals surface area contributed by atoms with E-state index in [1.54, 1.807) is 33.4 Å². The third-order valence-electron chi connectivity index (χ3n) is 5.90. The van der Waals surface area contributed by atoms with Crippen molar-refractivity contribution in [2.24, 2.45) is 0 Å². The molecule has 32 heavy (non-hydrogen) atoms. The average Bonchev–Trinajstić information content (AvgIpc) is 3.17. The summed E-state index contributed by atoms with van der Waals surface area (Å²) >= 11 is 0. The summed E-state index contributed by atoms with van der Waals surface area (Å²) < 4.78 is 7.82. The van der Waals surface area contributed by atoms with Crippen LogP contribution in [0.15, 0.2) is 66.9 Å². The lowest BCUT2D eigenvalue weighted by atomic mass is 9.83. The first-order valence-electron chi connectivity index (χ1n) is 11.0. The van der Waals surface area contributed by atoms with Gasteiger partial charge >= 0.3 is 0 Å². The minimum atomic E-state index is -1.07. The van der Waals surface area contributed by atoms with Crippen molar-refractivity contribution in [1.82, 2.24) is 19.4 Å². The summed E-state index contributed by atoms with van der Waals surface area (Å²) in [5, 5.41) is 10.1. The summed E-state index contributed by atoms with van der Waals surface area (Å²) in [6.45, 7) is 9.73. The average molecular weight is 431 g/mol. The maximum Gasteiger partial charge on any atom is 0.159 e. The van der Waals surface area contributed by atoms with Gasteiger partial charge in [0.25, 0.3) is 0 Å². The van der Waals surface area contributed by atoms with Gasteiger partial charge in [-0.1, -0.05) is 18.7 Å². The van der Waals surface area contributed by atoms with Crippen molar-refractivity contribution in [3.8, 4) is 11.1 Å². The second-order valence-corrected chi connectivity index (χ2v) is 8.67. The zero-order valence-electron chi connectivity index (χ0n) is 19.2. The molecule has 0 amide bonds. The normalized spacial score (nSPS) is 17.0. The lowest BCUT2D eigenvalue weighted by molar-refractivity contribution is 0.0687. The van der Waals surface area contributed by atoms with Crippen molar-refractivity contribution >= 4 is 5.65 Å². The van der Waals surface area contributed by atoms with Crippen molar-refractivity contribution in [3.05, 3.63) is 84.1 Å². The van der Waals surface area contributed by atoms with Crippen LogP contribution in [0.4, 0.5) is 0 Å². The van der Waals surface area contributed by atoms with Gasteiger partial charge in [0.15, 0.2) is 5.82 Å². The molecule has 0 spiro atoms. The molecule has 0 saturated heterocycles. The number of aromatic nitrogens is 4. The Morgan fingerprint density at radius 2 is 2.00 bits per heavy atom. The summed E-state index contributed by atoms with van der Waals surface area (Å²) in [6.07, 6.45) is 14.5. The van der Waals surface area contributed by atoms with Gasteiger partial charge in [-0.05, 0) is 63.8 Å². The molecule has 3 aromatic heterocycles. The summed E-state index contributed by atoms with van der Waals surface area (Å²) in [4.78, 5) is 13.6. The zero-order valence-corrected chi connectivity index (χ0v) is 19.2. The van der Waals surface area contributed by atoms with Gasteiger partial charge in [0, 0.05) is 35.6 Å². The molecule has 1 aliphatic carbocycles. The number of aliphatic hydroxyl groups is 1. The number of methoxy groups -OCH3 is 1. The predicted molar refractivity (Wildman–Crippen MR) is 126 cm³/mol. The highest BCUT2D eigenvalue weighted by atomic mass is 16.5. The van der Waals surface area contributed by atoms with E-state index in [2.05, 4.69) is 27.1 Å². The molecule has 1 N–H and O–H groups in total. The molecule has 6 heteroatoms. The highest BCUT2D eigenvalue weighted by Gasteiger charge is 2.29. The van der Waals surface area contributed by atoms with E-state index in [0.29, 0.717) is 5.82 Å². The Labute approximate surface area is 189 Å². The minimum Gasteiger partial charge on any atom is -0.496 e. The number of pyridine rings is 1. The van der Waals surface area contributed by atoms with E-state index in [1.807, 2.05) is 37.3 Å². The molecule has 3 heterocycles. The monoisotopic (exact) mass is 430 g/mol. The predicted octanol–water partition coefficient (Wildman–Crippen LogP) is 5.10. The van der Waals surface area contributed by atoms with E-state index >= 15 is 0 Å². The third-order valence-corrected chi connectivity index (χ3v) is 5.90. The first-order valence-corrected chi connectivity index (χ1v) is 11.0. The number of ether oxygens (including phenoxy) is 1. The lowest BCUT2D eigenvalue weighted by Crippen LogP contribution is -2.19. The van der Waals surface area contributed by atoms with Crippen LogP contribution in [0.5, 0.6) is 0 Å². The number of rotatable bonds is 6. The van der Waals surface area contributed by atoms with Crippen LogP contribution in [0.2, 0.25) is 0 Å². The molecule has 1 atom stereocenters. The fourth-order valence-electron chi connectivity index (χ4n) is 4.24. The van der Waals surface area contributed by atoms with Gasteiger partial charge in [-0.15, -0.1) is 0 Å². The quantitative estimate of drug-likeness (QED) is 0.435. The zero-order chi connectivity index (χ0) is 22.9. The molecule has 0 fully saturated rings. The first kappa shape index (κ1) is 22.0. The number of fused-ring (bicyclic) bond motifs is 3. The number of hydrogen-bond donors (Lipinski definition) is 1. The molecule has 3 aromatic rings. The molecule has 0 aromatic carbocycles. The van der Waals surface area contributed by atoms with Crippen LogP contribution < -0.4 is 0 Å². The van der Waals surface area contributed by atoms with Gasteiger partial charge < -0.3 is 14.2 Å². The van der Waals surface area contributed by atoms with E-state index in [-0.39, 0.29) is 5.92 Å². The number of allylic oxidation sites excluding steroid dienone is 4. The second kappa shape index (κ2) is 8.71. The van der Waals surface area contributed by atoms with Gasteiger partial charge in [-0.2, -0.15) is 0 Å². The Hall–Kier alpha value is -3.25. The van der Waals surface area contributed by atoms with Crippen molar-refractivity contribution in [1.29, 1.82) is 0 Å². The Morgan fingerprint density at radius 3 is 2.66 bits per heavy atom. The van der Waals surface area contributed by atoms with E-state index in [4.69, 9.17) is 9.72 Å². The molecule has 166 valence electrons. The van der Waals surface area contributed by atoms with Crippen molar-refractivity contribution < 1.29 is 9.84 Å². The summed E-state index contributed by atoms with van der Waals surface area (Å²) in [5.41, 5.74) is 5.00. The Morgan fingerprint density at radius 1 is 1.25 bits per heavy atom. The summed E-state index contributed by atoms with van der Waals surface area (Å²) in [5.74, 6) is 1.33.